The van der Waals surface area contributed by atoms with Crippen molar-refractivity contribution in [1.82, 2.24) is 0 Å². The molecule has 0 aromatic heterocycles. The maximum atomic E-state index is 10.4. The molecule has 3 unspecified atom stereocenters. The topological polar surface area (TPSA) is 47.9 Å². The van der Waals surface area contributed by atoms with Crippen LogP contribution in [0.4, 0.5) is 0 Å². The van der Waals surface area contributed by atoms with Gasteiger partial charge in [0.05, 0.1) is 19.3 Å². The van der Waals surface area contributed by atoms with Crippen LogP contribution in [0.2, 0.25) is 0 Å². The van der Waals surface area contributed by atoms with E-state index < -0.39 is 6.10 Å². The average molecular weight is 294 g/mol. The number of methoxy groups -OCH3 is 1. The number of hydrogen-bond donors (Lipinski definition) is 1. The van der Waals surface area contributed by atoms with Gasteiger partial charge in [-0.2, -0.15) is 0 Å². The van der Waals surface area contributed by atoms with Crippen molar-refractivity contribution < 1.29 is 19.3 Å². The smallest absolute Gasteiger partial charge is 0.105 e. The summed E-state index contributed by atoms with van der Waals surface area (Å²) in [7, 11) is 1.66. The molecule has 2 rings (SSSR count). The fraction of sp³-hybridized carbons (Fsp3) is 0.647. The number of hydrogen-bond acceptors (Lipinski definition) is 4. The molecule has 0 bridgehead atoms. The van der Waals surface area contributed by atoms with E-state index in [9.17, 15) is 5.11 Å². The minimum atomic E-state index is -0.521. The summed E-state index contributed by atoms with van der Waals surface area (Å²) in [6.07, 6.45) is 1.06. The van der Waals surface area contributed by atoms with Gasteiger partial charge in [-0.05, 0) is 29.9 Å². The third-order valence-electron chi connectivity index (χ3n) is 3.98. The third kappa shape index (κ3) is 4.51. The summed E-state index contributed by atoms with van der Waals surface area (Å²) in [5.74, 6) is 0.424. The first-order chi connectivity index (χ1) is 10.2. The van der Waals surface area contributed by atoms with Crippen molar-refractivity contribution >= 4 is 0 Å². The van der Waals surface area contributed by atoms with Crippen LogP contribution < -0.4 is 0 Å². The van der Waals surface area contributed by atoms with Crippen molar-refractivity contribution in [1.29, 1.82) is 0 Å². The van der Waals surface area contributed by atoms with Gasteiger partial charge in [-0.25, -0.2) is 0 Å². The van der Waals surface area contributed by atoms with Crippen LogP contribution in [0.15, 0.2) is 24.3 Å². The van der Waals surface area contributed by atoms with Gasteiger partial charge in [-0.3, -0.25) is 0 Å². The molecule has 118 valence electrons. The van der Waals surface area contributed by atoms with Crippen molar-refractivity contribution in [3.63, 3.8) is 0 Å². The van der Waals surface area contributed by atoms with Gasteiger partial charge < -0.3 is 19.3 Å². The van der Waals surface area contributed by atoms with Gasteiger partial charge in [-0.15, -0.1) is 0 Å². The minimum absolute atomic E-state index is 0.117. The van der Waals surface area contributed by atoms with Gasteiger partial charge >= 0.3 is 0 Å². The average Bonchev–Trinajstić information content (AvgIpc) is 2.51. The molecule has 1 aliphatic carbocycles. The van der Waals surface area contributed by atoms with Crippen LogP contribution in [0.25, 0.3) is 0 Å². The molecular formula is C17H26O4. The number of aliphatic hydroxyl groups is 1. The standard InChI is InChI=1S/C17H26O4/c1-13-12-16(21-9-5-8-20-11-10-19-2)17(18)15-7-4-3-6-14(13)15/h3-4,6-7,13,16-18H,5,8-12H2,1-2H3. The fourth-order valence-electron chi connectivity index (χ4n) is 2.83. The lowest BCUT2D eigenvalue weighted by molar-refractivity contribution is -0.0579. The van der Waals surface area contributed by atoms with E-state index in [-0.39, 0.29) is 6.10 Å². The lowest BCUT2D eigenvalue weighted by Crippen LogP contribution is -2.30. The van der Waals surface area contributed by atoms with E-state index >= 15 is 0 Å². The molecule has 0 saturated carbocycles. The highest BCUT2D eigenvalue weighted by atomic mass is 16.5. The first-order valence-electron chi connectivity index (χ1n) is 7.69. The van der Waals surface area contributed by atoms with Crippen LogP contribution in [-0.2, 0) is 14.2 Å². The van der Waals surface area contributed by atoms with Gasteiger partial charge in [0, 0.05) is 20.3 Å². The van der Waals surface area contributed by atoms with Crippen molar-refractivity contribution in [2.45, 2.75) is 37.9 Å². The summed E-state index contributed by atoms with van der Waals surface area (Å²) in [5.41, 5.74) is 2.25. The summed E-state index contributed by atoms with van der Waals surface area (Å²) in [4.78, 5) is 0. The fourth-order valence-corrected chi connectivity index (χ4v) is 2.83. The Balaban J connectivity index is 1.75. The molecule has 0 saturated heterocycles. The molecule has 0 radical (unpaired) electrons. The second kappa shape index (κ2) is 8.49. The predicted octanol–water partition coefficient (Wildman–Crippen LogP) is 2.67. The molecule has 0 aliphatic heterocycles. The van der Waals surface area contributed by atoms with E-state index in [4.69, 9.17) is 14.2 Å². The van der Waals surface area contributed by atoms with Crippen LogP contribution in [0.5, 0.6) is 0 Å². The highest BCUT2D eigenvalue weighted by Crippen LogP contribution is 2.38. The Kier molecular flexibility index (Phi) is 6.64. The van der Waals surface area contributed by atoms with Gasteiger partial charge in [0.15, 0.2) is 0 Å². The highest BCUT2D eigenvalue weighted by molar-refractivity contribution is 5.35. The Morgan fingerprint density at radius 3 is 2.62 bits per heavy atom. The number of benzene rings is 1. The first-order valence-corrected chi connectivity index (χ1v) is 7.69. The largest absolute Gasteiger partial charge is 0.386 e. The summed E-state index contributed by atoms with van der Waals surface area (Å²) < 4.78 is 16.2. The number of ether oxygens (including phenoxy) is 3. The molecule has 0 heterocycles. The second-order valence-corrected chi connectivity index (χ2v) is 5.58. The zero-order valence-electron chi connectivity index (χ0n) is 13.0. The lowest BCUT2D eigenvalue weighted by atomic mass is 9.80. The van der Waals surface area contributed by atoms with Crippen LogP contribution in [0.3, 0.4) is 0 Å². The number of fused-ring (bicyclic) bond motifs is 1. The van der Waals surface area contributed by atoms with E-state index in [1.54, 1.807) is 7.11 Å². The van der Waals surface area contributed by atoms with Gasteiger partial charge in [0.2, 0.25) is 0 Å². The quantitative estimate of drug-likeness (QED) is 0.749. The van der Waals surface area contributed by atoms with Crippen LogP contribution >= 0.6 is 0 Å². The van der Waals surface area contributed by atoms with Crippen LogP contribution in [0, 0.1) is 0 Å². The first kappa shape index (κ1) is 16.4. The normalized spacial score (nSPS) is 24.8. The molecule has 0 amide bonds. The molecule has 1 aromatic rings. The molecule has 3 atom stereocenters. The predicted molar refractivity (Wildman–Crippen MR) is 81.5 cm³/mol. The van der Waals surface area contributed by atoms with Gasteiger partial charge in [0.25, 0.3) is 0 Å². The van der Waals surface area contributed by atoms with Gasteiger partial charge in [-0.1, -0.05) is 31.2 Å². The van der Waals surface area contributed by atoms with Crippen molar-refractivity contribution in [3.8, 4) is 0 Å². The Morgan fingerprint density at radius 2 is 1.86 bits per heavy atom. The van der Waals surface area contributed by atoms with Crippen molar-refractivity contribution in [3.05, 3.63) is 35.4 Å². The van der Waals surface area contributed by atoms with Crippen molar-refractivity contribution in [2.75, 3.05) is 33.5 Å². The number of aliphatic hydroxyl groups excluding tert-OH is 1. The van der Waals surface area contributed by atoms with E-state index in [0.29, 0.717) is 32.3 Å². The van der Waals surface area contributed by atoms with E-state index in [1.807, 2.05) is 18.2 Å². The highest BCUT2D eigenvalue weighted by Gasteiger charge is 2.32. The summed E-state index contributed by atoms with van der Waals surface area (Å²) in [6.45, 7) is 4.71. The molecular weight excluding hydrogens is 268 g/mol. The maximum Gasteiger partial charge on any atom is 0.105 e. The molecule has 4 nitrogen and oxygen atoms in total. The Hall–Kier alpha value is -0.940. The molecule has 1 aliphatic rings. The zero-order chi connectivity index (χ0) is 15.1. The number of rotatable bonds is 8. The maximum absolute atomic E-state index is 10.4. The summed E-state index contributed by atoms with van der Waals surface area (Å²) >= 11 is 0. The van der Waals surface area contributed by atoms with E-state index in [2.05, 4.69) is 13.0 Å². The van der Waals surface area contributed by atoms with E-state index in [0.717, 1.165) is 18.4 Å². The Morgan fingerprint density at radius 1 is 1.10 bits per heavy atom. The van der Waals surface area contributed by atoms with Crippen LogP contribution in [0.1, 0.15) is 42.9 Å². The van der Waals surface area contributed by atoms with Crippen LogP contribution in [-0.4, -0.2) is 44.7 Å². The third-order valence-corrected chi connectivity index (χ3v) is 3.98. The molecule has 1 N–H and O–H groups in total. The molecule has 4 heteroatoms. The Labute approximate surface area is 127 Å². The Bertz CT molecular complexity index is 421. The summed E-state index contributed by atoms with van der Waals surface area (Å²) in [6, 6.07) is 8.10. The minimum Gasteiger partial charge on any atom is -0.386 e. The van der Waals surface area contributed by atoms with Crippen molar-refractivity contribution in [2.24, 2.45) is 0 Å². The molecule has 21 heavy (non-hydrogen) atoms. The van der Waals surface area contributed by atoms with E-state index in [1.165, 1.54) is 5.56 Å². The monoisotopic (exact) mass is 294 g/mol. The SMILES string of the molecule is COCCOCCCOC1CC(C)c2ccccc2C1O. The molecule has 0 spiro atoms. The lowest BCUT2D eigenvalue weighted by Gasteiger charge is -2.33. The zero-order valence-corrected chi connectivity index (χ0v) is 13.0. The van der Waals surface area contributed by atoms with Gasteiger partial charge in [0.1, 0.15) is 6.10 Å². The molecule has 0 fully saturated rings. The second-order valence-electron chi connectivity index (χ2n) is 5.58. The summed E-state index contributed by atoms with van der Waals surface area (Å²) in [5, 5.41) is 10.4. The molecule has 1 aromatic carbocycles.